The highest BCUT2D eigenvalue weighted by Gasteiger charge is 2.20. The lowest BCUT2D eigenvalue weighted by Crippen LogP contribution is -2.19. The molecule has 2 aromatic rings. The van der Waals surface area contributed by atoms with Crippen molar-refractivity contribution in [2.24, 2.45) is 0 Å². The highest BCUT2D eigenvalue weighted by Crippen LogP contribution is 2.32. The van der Waals surface area contributed by atoms with Crippen LogP contribution >= 0.6 is 15.9 Å². The Morgan fingerprint density at radius 2 is 2.44 bits per heavy atom. The molecule has 1 N–H and O–H groups in total. The number of nitrogens with one attached hydrogen (secondary N) is 1. The predicted octanol–water partition coefficient (Wildman–Crippen LogP) is 2.33. The summed E-state index contributed by atoms with van der Waals surface area (Å²) >= 11 is 3.48. The Morgan fingerprint density at radius 3 is 3.25 bits per heavy atom. The van der Waals surface area contributed by atoms with Gasteiger partial charge in [0, 0.05) is 11.0 Å². The van der Waals surface area contributed by atoms with E-state index >= 15 is 0 Å². The molecule has 0 aliphatic carbocycles. The van der Waals surface area contributed by atoms with Crippen molar-refractivity contribution in [2.75, 3.05) is 13.1 Å². The molecule has 1 aromatic carbocycles. The maximum absolute atomic E-state index is 5.81. The van der Waals surface area contributed by atoms with Gasteiger partial charge in [0.25, 0.3) is 5.88 Å². The zero-order valence-electron chi connectivity index (χ0n) is 8.57. The first kappa shape index (κ1) is 10.1. The molecular formula is C11H11BrN2O2. The quantitative estimate of drug-likeness (QED) is 0.919. The van der Waals surface area contributed by atoms with Crippen molar-refractivity contribution in [2.45, 2.75) is 12.5 Å². The first-order valence-corrected chi connectivity index (χ1v) is 6.05. The van der Waals surface area contributed by atoms with Gasteiger partial charge in [-0.25, -0.2) is 0 Å². The number of rotatable bonds is 2. The van der Waals surface area contributed by atoms with E-state index in [4.69, 9.17) is 9.26 Å². The molecule has 4 nitrogen and oxygen atoms in total. The molecule has 0 bridgehead atoms. The summed E-state index contributed by atoms with van der Waals surface area (Å²) in [6.45, 7) is 1.88. The molecule has 1 atom stereocenters. The maximum atomic E-state index is 5.81. The van der Waals surface area contributed by atoms with E-state index in [-0.39, 0.29) is 6.10 Å². The Morgan fingerprint density at radius 1 is 1.50 bits per heavy atom. The fourth-order valence-electron chi connectivity index (χ4n) is 1.89. The summed E-state index contributed by atoms with van der Waals surface area (Å²) in [5.74, 6) is 0.580. The molecule has 1 aliphatic rings. The van der Waals surface area contributed by atoms with Crippen molar-refractivity contribution in [1.82, 2.24) is 10.5 Å². The van der Waals surface area contributed by atoms with Crippen molar-refractivity contribution in [3.05, 3.63) is 22.7 Å². The van der Waals surface area contributed by atoms with Gasteiger partial charge in [0.05, 0.1) is 5.39 Å². The highest BCUT2D eigenvalue weighted by molar-refractivity contribution is 9.10. The Balaban J connectivity index is 1.97. The number of ether oxygens (including phenoxy) is 1. The summed E-state index contributed by atoms with van der Waals surface area (Å²) in [5, 5.41) is 8.13. The third kappa shape index (κ3) is 1.70. The van der Waals surface area contributed by atoms with Gasteiger partial charge in [0.1, 0.15) is 6.10 Å². The van der Waals surface area contributed by atoms with Gasteiger partial charge in [-0.3, -0.25) is 0 Å². The largest absolute Gasteiger partial charge is 0.470 e. The first-order valence-electron chi connectivity index (χ1n) is 5.26. The van der Waals surface area contributed by atoms with E-state index in [1.807, 2.05) is 18.2 Å². The van der Waals surface area contributed by atoms with Crippen LogP contribution < -0.4 is 10.1 Å². The summed E-state index contributed by atoms with van der Waals surface area (Å²) in [7, 11) is 0. The van der Waals surface area contributed by atoms with E-state index in [1.54, 1.807) is 0 Å². The van der Waals surface area contributed by atoms with Gasteiger partial charge in [0.2, 0.25) is 0 Å². The smallest absolute Gasteiger partial charge is 0.263 e. The SMILES string of the molecule is Brc1cccc2onc(OC3CCNC3)c12. The average Bonchev–Trinajstić information content (AvgIpc) is 2.90. The number of hydrogen-bond acceptors (Lipinski definition) is 4. The van der Waals surface area contributed by atoms with Gasteiger partial charge in [-0.1, -0.05) is 6.07 Å². The van der Waals surface area contributed by atoms with Crippen LogP contribution in [0.1, 0.15) is 6.42 Å². The van der Waals surface area contributed by atoms with Gasteiger partial charge in [-0.2, -0.15) is 0 Å². The van der Waals surface area contributed by atoms with Crippen molar-refractivity contribution in [3.63, 3.8) is 0 Å². The molecule has 1 saturated heterocycles. The molecule has 0 radical (unpaired) electrons. The molecule has 1 unspecified atom stereocenters. The number of nitrogens with zero attached hydrogens (tertiary/aromatic N) is 1. The van der Waals surface area contributed by atoms with Crippen LogP contribution in [0.15, 0.2) is 27.2 Å². The van der Waals surface area contributed by atoms with Gasteiger partial charge < -0.3 is 14.6 Å². The zero-order valence-corrected chi connectivity index (χ0v) is 10.2. The van der Waals surface area contributed by atoms with Crippen LogP contribution in [0.3, 0.4) is 0 Å². The number of aromatic nitrogens is 1. The highest BCUT2D eigenvalue weighted by atomic mass is 79.9. The number of fused-ring (bicyclic) bond motifs is 1. The standard InChI is InChI=1S/C11H11BrN2O2/c12-8-2-1-3-9-10(8)11(14-16-9)15-7-4-5-13-6-7/h1-3,7,13H,4-6H2. The summed E-state index contributed by atoms with van der Waals surface area (Å²) in [6, 6.07) is 5.75. The Labute approximate surface area is 101 Å². The van der Waals surface area contributed by atoms with Crippen LogP contribution in [-0.2, 0) is 0 Å². The predicted molar refractivity (Wildman–Crippen MR) is 63.6 cm³/mol. The topological polar surface area (TPSA) is 47.3 Å². The molecule has 84 valence electrons. The summed E-state index contributed by atoms with van der Waals surface area (Å²) < 4.78 is 12.0. The van der Waals surface area contributed by atoms with E-state index in [0.717, 1.165) is 35.0 Å². The second-order valence-corrected chi connectivity index (χ2v) is 4.69. The lowest BCUT2D eigenvalue weighted by molar-refractivity contribution is 0.204. The van der Waals surface area contributed by atoms with Crippen molar-refractivity contribution >= 4 is 26.9 Å². The summed E-state index contributed by atoms with van der Waals surface area (Å²) in [6.07, 6.45) is 1.21. The fourth-order valence-corrected chi connectivity index (χ4v) is 2.41. The average molecular weight is 283 g/mol. The molecule has 0 spiro atoms. The molecule has 1 aliphatic heterocycles. The van der Waals surface area contributed by atoms with Crippen LogP contribution in [0, 0.1) is 0 Å². The van der Waals surface area contributed by atoms with Crippen LogP contribution in [0.2, 0.25) is 0 Å². The van der Waals surface area contributed by atoms with E-state index in [0.29, 0.717) is 5.88 Å². The minimum Gasteiger partial charge on any atom is -0.470 e. The van der Waals surface area contributed by atoms with E-state index in [9.17, 15) is 0 Å². The molecule has 2 heterocycles. The zero-order chi connectivity index (χ0) is 11.0. The van der Waals surface area contributed by atoms with E-state index < -0.39 is 0 Å². The first-order chi connectivity index (χ1) is 7.84. The van der Waals surface area contributed by atoms with Gasteiger partial charge in [0.15, 0.2) is 5.58 Å². The molecule has 16 heavy (non-hydrogen) atoms. The summed E-state index contributed by atoms with van der Waals surface area (Å²) in [4.78, 5) is 0. The monoisotopic (exact) mass is 282 g/mol. The lowest BCUT2D eigenvalue weighted by Gasteiger charge is -2.09. The second kappa shape index (κ2) is 4.07. The molecule has 1 aromatic heterocycles. The van der Waals surface area contributed by atoms with Crippen molar-refractivity contribution in [3.8, 4) is 5.88 Å². The van der Waals surface area contributed by atoms with Crippen LogP contribution in [0.5, 0.6) is 5.88 Å². The molecule has 0 amide bonds. The van der Waals surface area contributed by atoms with Crippen molar-refractivity contribution < 1.29 is 9.26 Å². The van der Waals surface area contributed by atoms with E-state index in [2.05, 4.69) is 26.4 Å². The van der Waals surface area contributed by atoms with E-state index in [1.165, 1.54) is 0 Å². The number of hydrogen-bond donors (Lipinski definition) is 1. The Bertz CT molecular complexity index is 506. The van der Waals surface area contributed by atoms with Crippen molar-refractivity contribution in [1.29, 1.82) is 0 Å². The molecular weight excluding hydrogens is 272 g/mol. The lowest BCUT2D eigenvalue weighted by atomic mass is 10.2. The third-order valence-corrected chi connectivity index (χ3v) is 3.37. The summed E-state index contributed by atoms with van der Waals surface area (Å²) in [5.41, 5.74) is 0.746. The molecule has 1 fully saturated rings. The molecule has 0 saturated carbocycles. The Kier molecular flexibility index (Phi) is 2.57. The minimum atomic E-state index is 0.195. The molecule has 5 heteroatoms. The maximum Gasteiger partial charge on any atom is 0.263 e. The van der Waals surface area contributed by atoms with Gasteiger partial charge >= 0.3 is 0 Å². The third-order valence-electron chi connectivity index (χ3n) is 2.71. The number of benzene rings is 1. The fraction of sp³-hybridized carbons (Fsp3) is 0.364. The minimum absolute atomic E-state index is 0.195. The normalized spacial score (nSPS) is 20.4. The second-order valence-electron chi connectivity index (χ2n) is 3.83. The van der Waals surface area contributed by atoms with Crippen LogP contribution in [0.4, 0.5) is 0 Å². The van der Waals surface area contributed by atoms with Crippen LogP contribution in [-0.4, -0.2) is 24.4 Å². The number of halogens is 1. The van der Waals surface area contributed by atoms with Gasteiger partial charge in [-0.05, 0) is 46.2 Å². The van der Waals surface area contributed by atoms with Crippen LogP contribution in [0.25, 0.3) is 11.0 Å². The Hall–Kier alpha value is -1.07. The van der Waals surface area contributed by atoms with Gasteiger partial charge in [-0.15, -0.1) is 0 Å². The molecule has 3 rings (SSSR count).